The van der Waals surface area contributed by atoms with Crippen LogP contribution in [0.4, 0.5) is 6.01 Å². The van der Waals surface area contributed by atoms with Crippen LogP contribution in [0.1, 0.15) is 31.3 Å². The fraction of sp³-hybridized carbons (Fsp3) is 0.462. The summed E-state index contributed by atoms with van der Waals surface area (Å²) >= 11 is 0. The zero-order valence-electron chi connectivity index (χ0n) is 11.9. The van der Waals surface area contributed by atoms with Gasteiger partial charge in [-0.2, -0.15) is 0 Å². The molecule has 0 fully saturated rings. The minimum Gasteiger partial charge on any atom is -0.481 e. The molecule has 0 aromatic carbocycles. The number of ether oxygens (including phenoxy) is 1. The Hall–Kier alpha value is -2.15. The lowest BCUT2D eigenvalue weighted by Crippen LogP contribution is -2.17. The van der Waals surface area contributed by atoms with Crippen LogP contribution in [-0.4, -0.2) is 28.8 Å². The maximum absolute atomic E-state index is 5.52. The van der Waals surface area contributed by atoms with Crippen LogP contribution in [0, 0.1) is 0 Å². The third-order valence-electron chi connectivity index (χ3n) is 2.77. The average Bonchev–Trinajstić information content (AvgIpc) is 2.95. The number of rotatable bonds is 7. The Morgan fingerprint density at radius 2 is 2.20 bits per heavy atom. The molecule has 7 nitrogen and oxygen atoms in total. The van der Waals surface area contributed by atoms with Crippen molar-refractivity contribution in [1.82, 2.24) is 20.5 Å². The van der Waals surface area contributed by atoms with Gasteiger partial charge in [0.2, 0.25) is 11.8 Å². The van der Waals surface area contributed by atoms with Gasteiger partial charge in [-0.3, -0.25) is 0 Å². The first-order chi connectivity index (χ1) is 9.72. The quantitative estimate of drug-likeness (QED) is 0.797. The molecule has 0 saturated heterocycles. The fourth-order valence-electron chi connectivity index (χ4n) is 1.69. The normalized spacial score (nSPS) is 12.2. The highest BCUT2D eigenvalue weighted by atomic mass is 16.5. The molecule has 0 saturated carbocycles. The molecule has 0 aliphatic heterocycles. The van der Waals surface area contributed by atoms with Crippen molar-refractivity contribution < 1.29 is 9.15 Å². The van der Waals surface area contributed by atoms with Gasteiger partial charge >= 0.3 is 6.01 Å². The SMILES string of the molecule is CCNC(C)c1nnc(NCc2ccc(OC)nc2)o1. The van der Waals surface area contributed by atoms with Gasteiger partial charge in [-0.1, -0.05) is 18.1 Å². The summed E-state index contributed by atoms with van der Waals surface area (Å²) < 4.78 is 10.5. The predicted molar refractivity (Wildman–Crippen MR) is 74.5 cm³/mol. The summed E-state index contributed by atoms with van der Waals surface area (Å²) in [7, 11) is 1.59. The highest BCUT2D eigenvalue weighted by Crippen LogP contribution is 2.14. The number of pyridine rings is 1. The van der Waals surface area contributed by atoms with Gasteiger partial charge in [-0.05, 0) is 19.0 Å². The summed E-state index contributed by atoms with van der Waals surface area (Å²) in [6.45, 7) is 5.43. The van der Waals surface area contributed by atoms with Crippen molar-refractivity contribution >= 4 is 6.01 Å². The second kappa shape index (κ2) is 6.85. The van der Waals surface area contributed by atoms with Crippen molar-refractivity contribution in [3.8, 4) is 5.88 Å². The highest BCUT2D eigenvalue weighted by molar-refractivity contribution is 5.24. The van der Waals surface area contributed by atoms with E-state index in [0.29, 0.717) is 24.3 Å². The first-order valence-corrected chi connectivity index (χ1v) is 6.52. The fourth-order valence-corrected chi connectivity index (χ4v) is 1.69. The van der Waals surface area contributed by atoms with Gasteiger partial charge in [0.15, 0.2) is 0 Å². The van der Waals surface area contributed by atoms with E-state index in [1.165, 1.54) is 0 Å². The number of anilines is 1. The Kier molecular flexibility index (Phi) is 4.89. The maximum Gasteiger partial charge on any atom is 0.315 e. The smallest absolute Gasteiger partial charge is 0.315 e. The minimum atomic E-state index is 0.0469. The standard InChI is InChI=1S/C13H19N5O2/c1-4-14-9(2)12-17-18-13(20-12)16-8-10-5-6-11(19-3)15-7-10/h5-7,9,14H,4,8H2,1-3H3,(H,16,18). The molecule has 1 unspecified atom stereocenters. The molecule has 0 aliphatic rings. The zero-order chi connectivity index (χ0) is 14.4. The van der Waals surface area contributed by atoms with Crippen molar-refractivity contribution in [3.63, 3.8) is 0 Å². The lowest BCUT2D eigenvalue weighted by atomic mass is 10.3. The number of hydrogen-bond donors (Lipinski definition) is 2. The number of nitrogens with zero attached hydrogens (tertiary/aromatic N) is 3. The van der Waals surface area contributed by atoms with Crippen LogP contribution in [0.25, 0.3) is 0 Å². The summed E-state index contributed by atoms with van der Waals surface area (Å²) in [5, 5.41) is 14.2. The van der Waals surface area contributed by atoms with E-state index in [1.54, 1.807) is 13.3 Å². The van der Waals surface area contributed by atoms with Crippen LogP contribution in [0.5, 0.6) is 5.88 Å². The predicted octanol–water partition coefficient (Wildman–Crippen LogP) is 1.76. The highest BCUT2D eigenvalue weighted by Gasteiger charge is 2.12. The molecule has 2 heterocycles. The van der Waals surface area contributed by atoms with E-state index in [1.807, 2.05) is 26.0 Å². The molecule has 0 aliphatic carbocycles. The van der Waals surface area contributed by atoms with Crippen LogP contribution >= 0.6 is 0 Å². The lowest BCUT2D eigenvalue weighted by Gasteiger charge is -2.06. The minimum absolute atomic E-state index is 0.0469. The first-order valence-electron chi connectivity index (χ1n) is 6.52. The third-order valence-corrected chi connectivity index (χ3v) is 2.77. The Labute approximate surface area is 117 Å². The van der Waals surface area contributed by atoms with Crippen molar-refractivity contribution in [1.29, 1.82) is 0 Å². The van der Waals surface area contributed by atoms with E-state index in [2.05, 4.69) is 25.8 Å². The average molecular weight is 277 g/mol. The molecule has 2 aromatic heterocycles. The Morgan fingerprint density at radius 3 is 2.85 bits per heavy atom. The number of methoxy groups -OCH3 is 1. The van der Waals surface area contributed by atoms with Crippen molar-refractivity contribution in [3.05, 3.63) is 29.8 Å². The van der Waals surface area contributed by atoms with E-state index in [9.17, 15) is 0 Å². The number of aromatic nitrogens is 3. The van der Waals surface area contributed by atoms with Crippen molar-refractivity contribution in [2.45, 2.75) is 26.4 Å². The van der Waals surface area contributed by atoms with Gasteiger partial charge in [0.1, 0.15) is 0 Å². The van der Waals surface area contributed by atoms with Gasteiger partial charge in [0.05, 0.1) is 13.2 Å². The van der Waals surface area contributed by atoms with Gasteiger partial charge in [-0.25, -0.2) is 4.98 Å². The monoisotopic (exact) mass is 277 g/mol. The van der Waals surface area contributed by atoms with E-state index < -0.39 is 0 Å². The molecule has 0 bridgehead atoms. The molecule has 0 spiro atoms. The summed E-state index contributed by atoms with van der Waals surface area (Å²) in [5.74, 6) is 1.16. The molecule has 0 radical (unpaired) electrons. The summed E-state index contributed by atoms with van der Waals surface area (Å²) in [4.78, 5) is 4.13. The van der Waals surface area contributed by atoms with Crippen molar-refractivity contribution in [2.75, 3.05) is 19.0 Å². The van der Waals surface area contributed by atoms with Gasteiger partial charge in [-0.15, -0.1) is 5.10 Å². The lowest BCUT2D eigenvalue weighted by molar-refractivity contribution is 0.397. The Bertz CT molecular complexity index is 526. The Morgan fingerprint density at radius 1 is 1.35 bits per heavy atom. The van der Waals surface area contributed by atoms with E-state index in [0.717, 1.165) is 12.1 Å². The molecule has 2 rings (SSSR count). The first kappa shape index (κ1) is 14.3. The number of nitrogens with one attached hydrogen (secondary N) is 2. The van der Waals surface area contributed by atoms with Crippen LogP contribution in [-0.2, 0) is 6.54 Å². The largest absolute Gasteiger partial charge is 0.481 e. The molecule has 0 amide bonds. The van der Waals surface area contributed by atoms with E-state index >= 15 is 0 Å². The second-order valence-corrected chi connectivity index (χ2v) is 4.29. The number of hydrogen-bond acceptors (Lipinski definition) is 7. The third kappa shape index (κ3) is 3.67. The van der Waals surface area contributed by atoms with Crippen LogP contribution in [0.3, 0.4) is 0 Å². The van der Waals surface area contributed by atoms with Crippen LogP contribution in [0.15, 0.2) is 22.7 Å². The maximum atomic E-state index is 5.52. The molecular formula is C13H19N5O2. The molecule has 1 atom stereocenters. The van der Waals surface area contributed by atoms with Gasteiger partial charge in [0, 0.05) is 18.8 Å². The van der Waals surface area contributed by atoms with Gasteiger partial charge < -0.3 is 19.8 Å². The van der Waals surface area contributed by atoms with Crippen LogP contribution in [0.2, 0.25) is 0 Å². The molecule has 108 valence electrons. The van der Waals surface area contributed by atoms with Crippen LogP contribution < -0.4 is 15.4 Å². The van der Waals surface area contributed by atoms with E-state index in [4.69, 9.17) is 9.15 Å². The molecule has 20 heavy (non-hydrogen) atoms. The molecule has 2 aromatic rings. The molecule has 2 N–H and O–H groups in total. The van der Waals surface area contributed by atoms with E-state index in [-0.39, 0.29) is 6.04 Å². The summed E-state index contributed by atoms with van der Waals surface area (Å²) in [5.41, 5.74) is 1.00. The second-order valence-electron chi connectivity index (χ2n) is 4.29. The topological polar surface area (TPSA) is 85.1 Å². The molecular weight excluding hydrogens is 258 g/mol. The summed E-state index contributed by atoms with van der Waals surface area (Å²) in [6, 6.07) is 4.19. The van der Waals surface area contributed by atoms with Crippen molar-refractivity contribution in [2.24, 2.45) is 0 Å². The Balaban J connectivity index is 1.90. The summed E-state index contributed by atoms with van der Waals surface area (Å²) in [6.07, 6.45) is 1.74. The zero-order valence-corrected chi connectivity index (χ0v) is 11.9. The molecule has 7 heteroatoms. The van der Waals surface area contributed by atoms with Gasteiger partial charge in [0.25, 0.3) is 0 Å².